The molecule has 2 aliphatic heterocycles. The molecule has 8 rings (SSSR count). The molecule has 6 aromatic rings. The molecule has 5 N–H and O–H groups in total. The van der Waals surface area contributed by atoms with Gasteiger partial charge in [0.15, 0.2) is 17.3 Å². The number of fused-ring (bicyclic) bond motifs is 4. The Bertz CT molecular complexity index is 2390. The van der Waals surface area contributed by atoms with Crippen molar-refractivity contribution >= 4 is 79.0 Å². The number of ether oxygens (including phenoxy) is 1. The Balaban J connectivity index is 0.782. The van der Waals surface area contributed by atoms with Gasteiger partial charge >= 0.3 is 12.0 Å². The van der Waals surface area contributed by atoms with Crippen molar-refractivity contribution in [1.82, 2.24) is 40.5 Å². The monoisotopic (exact) mass is 807 g/mol. The number of hydrogen-bond donors (Lipinski definition) is 5. The van der Waals surface area contributed by atoms with E-state index in [-0.39, 0.29) is 36.0 Å². The van der Waals surface area contributed by atoms with Crippen LogP contribution in [-0.4, -0.2) is 78.6 Å². The molecule has 4 aromatic heterocycles. The van der Waals surface area contributed by atoms with E-state index >= 15 is 0 Å². The fraction of sp³-hybridized carbons (Fsp3) is 0.429. The maximum Gasteiger partial charge on any atom is 0.315 e. The highest BCUT2D eigenvalue weighted by Gasteiger charge is 2.42. The molecule has 6 heterocycles. The van der Waals surface area contributed by atoms with Crippen LogP contribution in [0.25, 0.3) is 43.5 Å². The Kier molecular flexibility index (Phi) is 11.9. The average Bonchev–Trinajstić information content (AvgIpc) is 4.04. The van der Waals surface area contributed by atoms with Crippen molar-refractivity contribution in [2.45, 2.75) is 95.0 Å². The van der Waals surface area contributed by atoms with E-state index in [0.29, 0.717) is 61.4 Å². The molecular weight excluding hydrogens is 759 g/mol. The zero-order valence-electron chi connectivity index (χ0n) is 32.3. The van der Waals surface area contributed by atoms with Crippen LogP contribution in [0.1, 0.15) is 76.8 Å². The summed E-state index contributed by atoms with van der Waals surface area (Å²) in [6, 6.07) is 14.6. The number of esters is 1. The van der Waals surface area contributed by atoms with Gasteiger partial charge in [-0.3, -0.25) is 9.59 Å². The summed E-state index contributed by atoms with van der Waals surface area (Å²) in [5, 5.41) is 17.2. The Labute approximate surface area is 339 Å². The number of rotatable bonds is 18. The number of unbranched alkanes of at least 4 members (excludes halogenated alkanes) is 3. The Hall–Kier alpha value is -5.15. The molecule has 0 aliphatic carbocycles. The van der Waals surface area contributed by atoms with Crippen LogP contribution in [0.5, 0.6) is 5.75 Å². The van der Waals surface area contributed by atoms with Crippen LogP contribution >= 0.6 is 23.1 Å². The Morgan fingerprint density at radius 1 is 1.00 bits per heavy atom. The number of aromatic nitrogens is 5. The maximum atomic E-state index is 12.7. The van der Waals surface area contributed by atoms with Crippen LogP contribution in [-0.2, 0) is 16.0 Å². The molecule has 2 saturated heterocycles. The number of hydrogen-bond acceptors (Lipinski definition) is 10. The lowest BCUT2D eigenvalue weighted by molar-refractivity contribution is -0.134. The minimum atomic E-state index is -0.264. The highest BCUT2D eigenvalue weighted by atomic mass is 32.2. The van der Waals surface area contributed by atoms with E-state index in [9.17, 15) is 14.4 Å². The number of thioether (sulfide) groups is 1. The molecule has 0 saturated carbocycles. The van der Waals surface area contributed by atoms with E-state index in [2.05, 4.69) is 62.2 Å². The molecule has 3 amide bonds. The quantitative estimate of drug-likeness (QED) is 0.0253. The molecule has 0 bridgehead atoms. The summed E-state index contributed by atoms with van der Waals surface area (Å²) in [7, 11) is 0. The summed E-state index contributed by atoms with van der Waals surface area (Å²) in [6.45, 7) is 5.46. The van der Waals surface area contributed by atoms with E-state index in [0.717, 1.165) is 76.4 Å². The predicted molar refractivity (Wildman–Crippen MR) is 228 cm³/mol. The van der Waals surface area contributed by atoms with Crippen molar-refractivity contribution in [2.24, 2.45) is 0 Å². The topological polar surface area (TPSA) is 168 Å². The third kappa shape index (κ3) is 8.89. The molecule has 15 heteroatoms. The van der Waals surface area contributed by atoms with Gasteiger partial charge in [-0.1, -0.05) is 31.0 Å². The third-order valence-corrected chi connectivity index (χ3v) is 13.3. The maximum absolute atomic E-state index is 12.7. The van der Waals surface area contributed by atoms with Crippen molar-refractivity contribution in [3.05, 3.63) is 65.9 Å². The van der Waals surface area contributed by atoms with E-state index in [1.807, 2.05) is 54.6 Å². The lowest BCUT2D eigenvalue weighted by Gasteiger charge is -2.16. The third-order valence-electron chi connectivity index (χ3n) is 10.8. The molecule has 298 valence electrons. The van der Waals surface area contributed by atoms with Crippen molar-refractivity contribution in [2.75, 3.05) is 24.2 Å². The van der Waals surface area contributed by atoms with Gasteiger partial charge < -0.3 is 35.6 Å². The van der Waals surface area contributed by atoms with Crippen molar-refractivity contribution in [1.29, 1.82) is 0 Å². The van der Waals surface area contributed by atoms with Gasteiger partial charge in [0.25, 0.3) is 0 Å². The number of nitrogens with zero attached hydrogens (tertiary/aromatic N) is 4. The first-order valence-corrected chi connectivity index (χ1v) is 21.9. The van der Waals surface area contributed by atoms with E-state index < -0.39 is 0 Å². The molecule has 3 atom stereocenters. The van der Waals surface area contributed by atoms with Gasteiger partial charge in [0.05, 0.1) is 18.4 Å². The number of H-pyrrole nitrogens is 1. The number of carbonyl (C=O) groups excluding carboxylic acids is 3. The highest BCUT2D eigenvalue weighted by molar-refractivity contribution is 8.00. The van der Waals surface area contributed by atoms with Crippen LogP contribution in [0.15, 0.2) is 60.4 Å². The Morgan fingerprint density at radius 2 is 1.88 bits per heavy atom. The van der Waals surface area contributed by atoms with Crippen molar-refractivity contribution < 1.29 is 19.1 Å². The SMILES string of the molecule is CC(C)n1cnc2c(NCCc3c[nH]c4ccc(OC(=O)CCCCCNC(=O)CCCCC5SC[C@@H]6NC(=O)N[C@H]56)cc34)nc(-c3csc4ccccc34)nc21. The lowest BCUT2D eigenvalue weighted by atomic mass is 10.0. The van der Waals surface area contributed by atoms with Gasteiger partial charge in [-0.15, -0.1) is 11.3 Å². The fourth-order valence-electron chi connectivity index (χ4n) is 7.78. The first kappa shape index (κ1) is 38.7. The number of benzene rings is 2. The summed E-state index contributed by atoms with van der Waals surface area (Å²) in [5.74, 6) is 2.65. The van der Waals surface area contributed by atoms with E-state index in [1.165, 1.54) is 4.70 Å². The summed E-state index contributed by atoms with van der Waals surface area (Å²) < 4.78 is 9.02. The van der Waals surface area contributed by atoms with Gasteiger partial charge in [0.2, 0.25) is 5.91 Å². The predicted octanol–water partition coefficient (Wildman–Crippen LogP) is 7.73. The van der Waals surface area contributed by atoms with Gasteiger partial charge in [-0.05, 0) is 75.8 Å². The molecule has 2 aliphatic rings. The Morgan fingerprint density at radius 3 is 2.77 bits per heavy atom. The second-order valence-electron chi connectivity index (χ2n) is 15.2. The summed E-state index contributed by atoms with van der Waals surface area (Å²) in [5.41, 5.74) is 4.62. The lowest BCUT2D eigenvalue weighted by Crippen LogP contribution is -2.36. The molecule has 57 heavy (non-hydrogen) atoms. The first-order valence-electron chi connectivity index (χ1n) is 20.0. The number of urea groups is 1. The number of anilines is 1. The second-order valence-corrected chi connectivity index (χ2v) is 17.3. The molecule has 2 aromatic carbocycles. The van der Waals surface area contributed by atoms with Crippen LogP contribution in [0, 0.1) is 0 Å². The molecule has 0 radical (unpaired) electrons. The minimum absolute atomic E-state index is 0.0633. The number of imidazole rings is 1. The number of thiophene rings is 1. The minimum Gasteiger partial charge on any atom is -0.427 e. The number of aromatic amines is 1. The highest BCUT2D eigenvalue weighted by Crippen LogP contribution is 2.35. The number of carbonyl (C=O) groups is 3. The van der Waals surface area contributed by atoms with Gasteiger partial charge in [0.1, 0.15) is 11.3 Å². The summed E-state index contributed by atoms with van der Waals surface area (Å²) in [6.07, 6.45) is 10.5. The van der Waals surface area contributed by atoms with E-state index in [4.69, 9.17) is 19.7 Å². The second kappa shape index (κ2) is 17.6. The van der Waals surface area contributed by atoms with Gasteiger partial charge in [-0.25, -0.2) is 19.7 Å². The number of amides is 3. The fourth-order valence-corrected chi connectivity index (χ4v) is 10.3. The summed E-state index contributed by atoms with van der Waals surface area (Å²) >= 11 is 3.59. The smallest absolute Gasteiger partial charge is 0.315 e. The molecule has 13 nitrogen and oxygen atoms in total. The summed E-state index contributed by atoms with van der Waals surface area (Å²) in [4.78, 5) is 54.7. The average molecular weight is 808 g/mol. The molecular formula is C42H49N9O4S2. The van der Waals surface area contributed by atoms with Crippen LogP contribution < -0.4 is 26.0 Å². The van der Waals surface area contributed by atoms with E-state index in [1.54, 1.807) is 11.3 Å². The zero-order valence-corrected chi connectivity index (χ0v) is 33.9. The molecule has 2 fully saturated rings. The van der Waals surface area contributed by atoms with Crippen LogP contribution in [0.2, 0.25) is 0 Å². The normalized spacial score (nSPS) is 17.7. The molecule has 1 unspecified atom stereocenters. The number of nitrogens with one attached hydrogen (secondary N) is 5. The molecule has 0 spiro atoms. The van der Waals surface area contributed by atoms with Crippen molar-refractivity contribution in [3.8, 4) is 17.1 Å². The zero-order chi connectivity index (χ0) is 39.3. The van der Waals surface area contributed by atoms with Crippen molar-refractivity contribution in [3.63, 3.8) is 0 Å². The first-order chi connectivity index (χ1) is 27.8. The standard InChI is InChI=1S/C42H49N9O4S2/c1-25(2)51-24-46-38-40(49-39(50-41(38)51)30-22-56-33-11-6-5-10-28(30)33)44-19-17-26-21-45-31-16-15-27(20-29(26)31)55-36(53)14-4-3-9-18-43-35(52)13-8-7-12-34-37-32(23-57-34)47-42(54)48-37/h5-6,10-11,15-16,20-22,24-25,32,34,37,45H,3-4,7-9,12-14,17-19,23H2,1-2H3,(H,43,52)(H,44,49,50)(H2,47,48,54)/t32-,34?,37-/m0/s1. The largest absolute Gasteiger partial charge is 0.427 e. The van der Waals surface area contributed by atoms with Gasteiger partial charge in [-0.2, -0.15) is 11.8 Å². The van der Waals surface area contributed by atoms with Crippen LogP contribution in [0.4, 0.5) is 10.6 Å². The van der Waals surface area contributed by atoms with Crippen LogP contribution in [0.3, 0.4) is 0 Å². The van der Waals surface area contributed by atoms with Gasteiger partial charge in [0, 0.05) is 81.1 Å².